The van der Waals surface area contributed by atoms with Gasteiger partial charge in [0.15, 0.2) is 11.5 Å². The second-order valence-electron chi connectivity index (χ2n) is 2.69. The lowest BCUT2D eigenvalue weighted by molar-refractivity contribution is 0.215. The molecule has 0 aliphatic carbocycles. The van der Waals surface area contributed by atoms with Crippen LogP contribution in [0, 0.1) is 0 Å². The van der Waals surface area contributed by atoms with Gasteiger partial charge in [-0.2, -0.15) is 0 Å². The summed E-state index contributed by atoms with van der Waals surface area (Å²) in [5, 5.41) is 13.2. The molecule has 0 atom stereocenters. The normalized spacial score (nSPS) is 10.3. The number of phenols is 1. The lowest BCUT2D eigenvalue weighted by Crippen LogP contribution is -1.92. The van der Waals surface area contributed by atoms with Gasteiger partial charge in [-0.1, -0.05) is 5.16 Å². The van der Waals surface area contributed by atoms with Crippen LogP contribution < -0.4 is 9.47 Å². The van der Waals surface area contributed by atoms with E-state index >= 15 is 0 Å². The number of ether oxygens (including phenoxy) is 2. The fraction of sp³-hybridized carbons (Fsp3) is 0.300. The van der Waals surface area contributed by atoms with Crippen molar-refractivity contribution >= 4 is 6.21 Å². The number of oxime groups is 1. The van der Waals surface area contributed by atoms with E-state index < -0.39 is 0 Å². The Kier molecular flexibility index (Phi) is 3.79. The SMILES string of the molecule is CON=Cc1cc(OC)c(O)c(OC)c1. The summed E-state index contributed by atoms with van der Waals surface area (Å²) in [6, 6.07) is 3.25. The minimum Gasteiger partial charge on any atom is -0.502 e. The van der Waals surface area contributed by atoms with E-state index in [9.17, 15) is 5.11 Å². The number of aromatic hydroxyl groups is 1. The minimum absolute atomic E-state index is 0.0328. The Labute approximate surface area is 87.9 Å². The molecule has 5 heteroatoms. The molecule has 0 fully saturated rings. The van der Waals surface area contributed by atoms with Crippen LogP contribution in [0.15, 0.2) is 17.3 Å². The summed E-state index contributed by atoms with van der Waals surface area (Å²) in [7, 11) is 4.38. The molecule has 0 saturated heterocycles. The summed E-state index contributed by atoms with van der Waals surface area (Å²) >= 11 is 0. The van der Waals surface area contributed by atoms with Gasteiger partial charge in [-0.05, 0) is 12.1 Å². The highest BCUT2D eigenvalue weighted by atomic mass is 16.6. The monoisotopic (exact) mass is 211 g/mol. The number of methoxy groups -OCH3 is 2. The Bertz CT molecular complexity index is 337. The fourth-order valence-corrected chi connectivity index (χ4v) is 1.10. The molecule has 0 aliphatic rings. The van der Waals surface area contributed by atoms with Crippen molar-refractivity contribution in [3.8, 4) is 17.2 Å². The number of nitrogens with zero attached hydrogens (tertiary/aromatic N) is 1. The molecule has 0 radical (unpaired) electrons. The standard InChI is InChI=1S/C10H13NO4/c1-13-8-4-7(6-11-15-3)5-9(14-2)10(8)12/h4-6,12H,1-3H3. The summed E-state index contributed by atoms with van der Waals surface area (Å²) in [4.78, 5) is 4.55. The Morgan fingerprint density at radius 1 is 1.13 bits per heavy atom. The van der Waals surface area contributed by atoms with Crippen molar-refractivity contribution in [1.82, 2.24) is 0 Å². The first kappa shape index (κ1) is 11.2. The van der Waals surface area contributed by atoms with Gasteiger partial charge >= 0.3 is 0 Å². The van der Waals surface area contributed by atoms with Crippen LogP contribution >= 0.6 is 0 Å². The Morgan fingerprint density at radius 2 is 1.67 bits per heavy atom. The van der Waals surface area contributed by atoms with E-state index in [2.05, 4.69) is 9.99 Å². The predicted molar refractivity (Wildman–Crippen MR) is 55.8 cm³/mol. The van der Waals surface area contributed by atoms with E-state index in [0.29, 0.717) is 17.1 Å². The van der Waals surface area contributed by atoms with Gasteiger partial charge in [0.05, 0.1) is 20.4 Å². The molecule has 0 aliphatic heterocycles. The van der Waals surface area contributed by atoms with Crippen molar-refractivity contribution in [2.75, 3.05) is 21.3 Å². The molecular weight excluding hydrogens is 198 g/mol. The smallest absolute Gasteiger partial charge is 0.200 e. The van der Waals surface area contributed by atoms with E-state index in [1.807, 2.05) is 0 Å². The molecule has 0 bridgehead atoms. The third kappa shape index (κ3) is 2.52. The molecule has 1 N–H and O–H groups in total. The molecule has 15 heavy (non-hydrogen) atoms. The topological polar surface area (TPSA) is 60.3 Å². The maximum absolute atomic E-state index is 9.61. The average molecular weight is 211 g/mol. The summed E-state index contributed by atoms with van der Waals surface area (Å²) in [5.41, 5.74) is 0.711. The largest absolute Gasteiger partial charge is 0.502 e. The van der Waals surface area contributed by atoms with E-state index in [0.717, 1.165) is 0 Å². The predicted octanol–water partition coefficient (Wildman–Crippen LogP) is 1.39. The highest BCUT2D eigenvalue weighted by Gasteiger charge is 2.09. The van der Waals surface area contributed by atoms with Crippen molar-refractivity contribution in [2.24, 2.45) is 5.16 Å². The molecule has 1 rings (SSSR count). The van der Waals surface area contributed by atoms with Gasteiger partial charge in [-0.15, -0.1) is 0 Å². The van der Waals surface area contributed by atoms with Crippen molar-refractivity contribution in [1.29, 1.82) is 0 Å². The number of benzene rings is 1. The Balaban J connectivity index is 3.14. The molecular formula is C10H13NO4. The number of hydrogen-bond acceptors (Lipinski definition) is 5. The van der Waals surface area contributed by atoms with Crippen LogP contribution in [0.2, 0.25) is 0 Å². The van der Waals surface area contributed by atoms with E-state index in [1.54, 1.807) is 12.1 Å². The van der Waals surface area contributed by atoms with Crippen LogP contribution in [0.5, 0.6) is 17.2 Å². The summed E-state index contributed by atoms with van der Waals surface area (Å²) in [5.74, 6) is 0.619. The van der Waals surface area contributed by atoms with Crippen LogP contribution in [0.25, 0.3) is 0 Å². The molecule has 0 unspecified atom stereocenters. The number of phenolic OH excluding ortho intramolecular Hbond substituents is 1. The van der Waals surface area contributed by atoms with Crippen molar-refractivity contribution in [3.05, 3.63) is 17.7 Å². The molecule has 1 aromatic rings. The fourth-order valence-electron chi connectivity index (χ4n) is 1.10. The minimum atomic E-state index is -0.0328. The maximum Gasteiger partial charge on any atom is 0.200 e. The zero-order valence-corrected chi connectivity index (χ0v) is 8.85. The summed E-state index contributed by atoms with van der Waals surface area (Å²) in [6.45, 7) is 0. The number of hydrogen-bond donors (Lipinski definition) is 1. The van der Waals surface area contributed by atoms with Gasteiger partial charge in [-0.25, -0.2) is 0 Å². The zero-order valence-electron chi connectivity index (χ0n) is 8.85. The third-order valence-corrected chi connectivity index (χ3v) is 1.81. The molecule has 82 valence electrons. The first-order chi connectivity index (χ1) is 7.22. The first-order valence-corrected chi connectivity index (χ1v) is 4.24. The van der Waals surface area contributed by atoms with Crippen LogP contribution in [0.3, 0.4) is 0 Å². The molecule has 0 spiro atoms. The summed E-state index contributed by atoms with van der Waals surface area (Å²) in [6.07, 6.45) is 1.49. The van der Waals surface area contributed by atoms with Crippen molar-refractivity contribution in [2.45, 2.75) is 0 Å². The second-order valence-corrected chi connectivity index (χ2v) is 2.69. The Morgan fingerprint density at radius 3 is 2.07 bits per heavy atom. The lowest BCUT2D eigenvalue weighted by Gasteiger charge is -2.08. The van der Waals surface area contributed by atoms with Gasteiger partial charge in [0.25, 0.3) is 0 Å². The highest BCUT2D eigenvalue weighted by Crippen LogP contribution is 2.36. The van der Waals surface area contributed by atoms with Crippen LogP contribution in [0.4, 0.5) is 0 Å². The van der Waals surface area contributed by atoms with Crippen molar-refractivity contribution in [3.63, 3.8) is 0 Å². The van der Waals surface area contributed by atoms with E-state index in [-0.39, 0.29) is 5.75 Å². The highest BCUT2D eigenvalue weighted by molar-refractivity contribution is 5.81. The van der Waals surface area contributed by atoms with Gasteiger partial charge in [-0.3, -0.25) is 0 Å². The Hall–Kier alpha value is -1.91. The number of rotatable bonds is 4. The van der Waals surface area contributed by atoms with E-state index in [1.165, 1.54) is 27.5 Å². The van der Waals surface area contributed by atoms with Gasteiger partial charge in [0.1, 0.15) is 7.11 Å². The molecule has 0 saturated carbocycles. The van der Waals surface area contributed by atoms with Crippen LogP contribution in [-0.2, 0) is 4.84 Å². The summed E-state index contributed by atoms with van der Waals surface area (Å²) < 4.78 is 9.95. The molecule has 1 aromatic carbocycles. The van der Waals surface area contributed by atoms with Crippen LogP contribution in [0.1, 0.15) is 5.56 Å². The molecule has 0 amide bonds. The van der Waals surface area contributed by atoms with Gasteiger partial charge in [0.2, 0.25) is 5.75 Å². The zero-order chi connectivity index (χ0) is 11.3. The van der Waals surface area contributed by atoms with Gasteiger partial charge in [0, 0.05) is 5.56 Å². The van der Waals surface area contributed by atoms with Crippen LogP contribution in [-0.4, -0.2) is 32.7 Å². The van der Waals surface area contributed by atoms with E-state index in [4.69, 9.17) is 9.47 Å². The second kappa shape index (κ2) is 5.09. The molecule has 5 nitrogen and oxygen atoms in total. The van der Waals surface area contributed by atoms with Gasteiger partial charge < -0.3 is 19.4 Å². The molecule has 0 heterocycles. The average Bonchev–Trinajstić information content (AvgIpc) is 2.27. The first-order valence-electron chi connectivity index (χ1n) is 4.24. The molecule has 0 aromatic heterocycles. The van der Waals surface area contributed by atoms with Crippen molar-refractivity contribution < 1.29 is 19.4 Å². The lowest BCUT2D eigenvalue weighted by atomic mass is 10.2. The third-order valence-electron chi connectivity index (χ3n) is 1.81. The maximum atomic E-state index is 9.61. The quantitative estimate of drug-likeness (QED) is 0.604.